The minimum absolute atomic E-state index is 0.0254. The smallest absolute Gasteiger partial charge is 0.216 e. The number of nitrogens with two attached hydrogens (primary N) is 1. The number of anilines is 1. The summed E-state index contributed by atoms with van der Waals surface area (Å²) in [6.07, 6.45) is 0.774. The summed E-state index contributed by atoms with van der Waals surface area (Å²) >= 11 is 0. The first-order valence-corrected chi connectivity index (χ1v) is 6.92. The molecule has 0 aliphatic carbocycles. The molecule has 0 fully saturated rings. The van der Waals surface area contributed by atoms with Gasteiger partial charge in [-0.3, -0.25) is 0 Å². The summed E-state index contributed by atoms with van der Waals surface area (Å²) < 4.78 is 26.1. The van der Waals surface area contributed by atoms with E-state index in [2.05, 4.69) is 4.72 Å². The zero-order chi connectivity index (χ0) is 12.2. The van der Waals surface area contributed by atoms with Gasteiger partial charge in [0.05, 0.1) is 5.75 Å². The Balaban J connectivity index is 2.73. The van der Waals surface area contributed by atoms with E-state index in [1.165, 1.54) is 0 Å². The fraction of sp³-hybridized carbons (Fsp3) is 0.455. The van der Waals surface area contributed by atoms with Crippen LogP contribution in [0.5, 0.6) is 0 Å². The predicted octanol–water partition coefficient (Wildman–Crippen LogP) is 1.49. The van der Waals surface area contributed by atoms with Crippen molar-refractivity contribution in [2.75, 3.05) is 5.73 Å². The molecule has 0 amide bonds. The second-order valence-electron chi connectivity index (χ2n) is 3.93. The highest BCUT2D eigenvalue weighted by molar-refractivity contribution is 7.88. The Morgan fingerprint density at radius 2 is 2.12 bits per heavy atom. The van der Waals surface area contributed by atoms with E-state index in [1.807, 2.05) is 13.8 Å². The molecule has 90 valence electrons. The van der Waals surface area contributed by atoms with Gasteiger partial charge in [-0.1, -0.05) is 19.1 Å². The summed E-state index contributed by atoms with van der Waals surface area (Å²) in [5.41, 5.74) is 6.87. The molecule has 0 radical (unpaired) electrons. The molecule has 0 saturated heterocycles. The maximum Gasteiger partial charge on any atom is 0.216 e. The van der Waals surface area contributed by atoms with E-state index in [0.717, 1.165) is 6.42 Å². The zero-order valence-corrected chi connectivity index (χ0v) is 10.4. The first kappa shape index (κ1) is 13.0. The zero-order valence-electron chi connectivity index (χ0n) is 9.60. The van der Waals surface area contributed by atoms with E-state index in [0.29, 0.717) is 11.3 Å². The normalized spacial score (nSPS) is 13.6. The topological polar surface area (TPSA) is 72.2 Å². The number of sulfonamides is 1. The van der Waals surface area contributed by atoms with Gasteiger partial charge in [-0.2, -0.15) is 0 Å². The Morgan fingerprint density at radius 1 is 1.44 bits per heavy atom. The summed E-state index contributed by atoms with van der Waals surface area (Å²) in [5.74, 6) is -0.0254. The fourth-order valence-electron chi connectivity index (χ4n) is 1.33. The van der Waals surface area contributed by atoms with Crippen LogP contribution >= 0.6 is 0 Å². The summed E-state index contributed by atoms with van der Waals surface area (Å²) in [4.78, 5) is 0. The molecular weight excluding hydrogens is 224 g/mol. The van der Waals surface area contributed by atoms with Crippen LogP contribution in [-0.4, -0.2) is 14.5 Å². The highest BCUT2D eigenvalue weighted by Crippen LogP contribution is 2.10. The predicted molar refractivity (Wildman–Crippen MR) is 66.4 cm³/mol. The average Bonchev–Trinajstić information content (AvgIpc) is 2.15. The molecule has 1 rings (SSSR count). The summed E-state index contributed by atoms with van der Waals surface area (Å²) in [6.45, 7) is 3.78. The van der Waals surface area contributed by atoms with Crippen LogP contribution in [0.4, 0.5) is 5.69 Å². The Kier molecular flexibility index (Phi) is 4.32. The fourth-order valence-corrected chi connectivity index (χ4v) is 2.82. The molecule has 0 spiro atoms. The molecule has 1 aromatic carbocycles. The Morgan fingerprint density at radius 3 is 2.69 bits per heavy atom. The Labute approximate surface area is 96.9 Å². The Hall–Kier alpha value is -1.07. The van der Waals surface area contributed by atoms with Crippen LogP contribution in [-0.2, 0) is 15.8 Å². The van der Waals surface area contributed by atoms with Crippen molar-refractivity contribution in [2.24, 2.45) is 0 Å². The number of hydrogen-bond donors (Lipinski definition) is 2. The van der Waals surface area contributed by atoms with Gasteiger partial charge >= 0.3 is 0 Å². The second-order valence-corrected chi connectivity index (χ2v) is 5.69. The molecule has 1 atom stereocenters. The lowest BCUT2D eigenvalue weighted by atomic mass is 10.2. The molecule has 0 saturated carbocycles. The van der Waals surface area contributed by atoms with Crippen LogP contribution in [0.1, 0.15) is 25.8 Å². The molecule has 16 heavy (non-hydrogen) atoms. The SMILES string of the molecule is CCC(C)NS(=O)(=O)Cc1cccc(N)c1. The lowest BCUT2D eigenvalue weighted by molar-refractivity contribution is 0.555. The van der Waals surface area contributed by atoms with Crippen molar-refractivity contribution >= 4 is 15.7 Å². The second kappa shape index (κ2) is 5.32. The lowest BCUT2D eigenvalue weighted by Gasteiger charge is -2.12. The minimum atomic E-state index is -3.27. The third-order valence-electron chi connectivity index (χ3n) is 2.30. The maximum absolute atomic E-state index is 11.7. The van der Waals surface area contributed by atoms with Crippen LogP contribution in [0.2, 0.25) is 0 Å². The van der Waals surface area contributed by atoms with E-state index in [-0.39, 0.29) is 11.8 Å². The number of rotatable bonds is 5. The Bertz CT molecular complexity index is 443. The van der Waals surface area contributed by atoms with Gasteiger partial charge in [-0.25, -0.2) is 13.1 Å². The number of nitrogens with one attached hydrogen (secondary N) is 1. The summed E-state index contributed by atoms with van der Waals surface area (Å²) in [6, 6.07) is 6.88. The van der Waals surface area contributed by atoms with Crippen molar-refractivity contribution in [3.05, 3.63) is 29.8 Å². The first-order chi connectivity index (χ1) is 7.43. The molecule has 3 N–H and O–H groups in total. The van der Waals surface area contributed by atoms with E-state index in [1.54, 1.807) is 24.3 Å². The van der Waals surface area contributed by atoms with Crippen molar-refractivity contribution in [1.29, 1.82) is 0 Å². The lowest BCUT2D eigenvalue weighted by Crippen LogP contribution is -2.32. The van der Waals surface area contributed by atoms with E-state index in [9.17, 15) is 8.42 Å². The largest absolute Gasteiger partial charge is 0.399 e. The van der Waals surface area contributed by atoms with Crippen molar-refractivity contribution in [1.82, 2.24) is 4.72 Å². The molecular formula is C11H18N2O2S. The average molecular weight is 242 g/mol. The van der Waals surface area contributed by atoms with E-state index in [4.69, 9.17) is 5.73 Å². The van der Waals surface area contributed by atoms with Gasteiger partial charge in [0, 0.05) is 11.7 Å². The van der Waals surface area contributed by atoms with Gasteiger partial charge in [0.2, 0.25) is 10.0 Å². The third kappa shape index (κ3) is 4.20. The molecule has 1 unspecified atom stereocenters. The van der Waals surface area contributed by atoms with Gasteiger partial charge in [0.1, 0.15) is 0 Å². The van der Waals surface area contributed by atoms with Crippen LogP contribution < -0.4 is 10.5 Å². The van der Waals surface area contributed by atoms with E-state index < -0.39 is 10.0 Å². The number of hydrogen-bond acceptors (Lipinski definition) is 3. The van der Waals surface area contributed by atoms with Gasteiger partial charge in [-0.15, -0.1) is 0 Å². The highest BCUT2D eigenvalue weighted by atomic mass is 32.2. The van der Waals surface area contributed by atoms with Crippen LogP contribution in [0.25, 0.3) is 0 Å². The van der Waals surface area contributed by atoms with Gasteiger partial charge in [0.25, 0.3) is 0 Å². The maximum atomic E-state index is 11.7. The number of nitrogen functional groups attached to an aromatic ring is 1. The van der Waals surface area contributed by atoms with Crippen molar-refractivity contribution in [3.8, 4) is 0 Å². The van der Waals surface area contributed by atoms with Gasteiger partial charge < -0.3 is 5.73 Å². The van der Waals surface area contributed by atoms with Crippen molar-refractivity contribution in [3.63, 3.8) is 0 Å². The van der Waals surface area contributed by atoms with Gasteiger partial charge in [0.15, 0.2) is 0 Å². The highest BCUT2D eigenvalue weighted by Gasteiger charge is 2.14. The van der Waals surface area contributed by atoms with E-state index >= 15 is 0 Å². The molecule has 0 aliphatic rings. The molecule has 4 nitrogen and oxygen atoms in total. The van der Waals surface area contributed by atoms with Crippen LogP contribution in [0.15, 0.2) is 24.3 Å². The monoisotopic (exact) mass is 242 g/mol. The molecule has 1 aromatic rings. The van der Waals surface area contributed by atoms with Crippen molar-refractivity contribution in [2.45, 2.75) is 32.1 Å². The first-order valence-electron chi connectivity index (χ1n) is 5.27. The molecule has 0 aromatic heterocycles. The molecule has 0 bridgehead atoms. The third-order valence-corrected chi connectivity index (χ3v) is 3.78. The quantitative estimate of drug-likeness (QED) is 0.768. The van der Waals surface area contributed by atoms with Crippen molar-refractivity contribution < 1.29 is 8.42 Å². The molecule has 5 heteroatoms. The number of benzene rings is 1. The standard InChI is InChI=1S/C11H18N2O2S/c1-3-9(2)13-16(14,15)8-10-5-4-6-11(12)7-10/h4-7,9,13H,3,8,12H2,1-2H3. The summed E-state index contributed by atoms with van der Waals surface area (Å²) in [7, 11) is -3.27. The van der Waals surface area contributed by atoms with Crippen LogP contribution in [0, 0.1) is 0 Å². The molecule has 0 heterocycles. The minimum Gasteiger partial charge on any atom is -0.399 e. The van der Waals surface area contributed by atoms with Gasteiger partial charge in [-0.05, 0) is 31.0 Å². The summed E-state index contributed by atoms with van der Waals surface area (Å²) in [5, 5.41) is 0. The molecule has 0 aliphatic heterocycles. The van der Waals surface area contributed by atoms with Crippen LogP contribution in [0.3, 0.4) is 0 Å².